The number of benzene rings is 1. The number of imidazole rings is 1. The van der Waals surface area contributed by atoms with Gasteiger partial charge in [-0.15, -0.1) is 11.3 Å². The Hall–Kier alpha value is -3.34. The maximum absolute atomic E-state index is 13.4. The Labute approximate surface area is 237 Å². The van der Waals surface area contributed by atoms with E-state index in [9.17, 15) is 14.3 Å². The molecule has 10 heteroatoms. The molecule has 4 aromatic rings. The molecule has 0 atom stereocenters. The van der Waals surface area contributed by atoms with E-state index in [-0.39, 0.29) is 17.8 Å². The molecular formula is C30H35FN6O2S. The number of aliphatic hydroxyl groups excluding tert-OH is 1. The fourth-order valence-corrected chi connectivity index (χ4v) is 6.63. The average Bonchev–Trinajstić information content (AvgIpc) is 3.57. The molecule has 1 N–H and O–H groups in total. The number of carbonyl (C=O) groups excluding carboxylic acids is 1. The molecule has 5 heterocycles. The molecule has 0 radical (unpaired) electrons. The van der Waals surface area contributed by atoms with E-state index >= 15 is 0 Å². The molecule has 210 valence electrons. The lowest BCUT2D eigenvalue weighted by atomic mass is 9.89. The molecule has 2 aliphatic rings. The smallest absolute Gasteiger partial charge is 0.236 e. The predicted molar refractivity (Wildman–Crippen MR) is 156 cm³/mol. The number of aryl methyl sites for hydroxylation is 2. The van der Waals surface area contributed by atoms with Gasteiger partial charge >= 0.3 is 0 Å². The Morgan fingerprint density at radius 3 is 2.58 bits per heavy atom. The van der Waals surface area contributed by atoms with E-state index in [1.807, 2.05) is 12.4 Å². The molecule has 6 rings (SSSR count). The van der Waals surface area contributed by atoms with Gasteiger partial charge in [0, 0.05) is 37.3 Å². The van der Waals surface area contributed by atoms with Gasteiger partial charge in [0.2, 0.25) is 5.91 Å². The highest BCUT2D eigenvalue weighted by Gasteiger charge is 2.31. The van der Waals surface area contributed by atoms with Crippen LogP contribution in [0.2, 0.25) is 0 Å². The van der Waals surface area contributed by atoms with Crippen molar-refractivity contribution in [3.63, 3.8) is 0 Å². The van der Waals surface area contributed by atoms with Crippen LogP contribution in [-0.2, 0) is 11.2 Å². The standard InChI is InChI=1S/C30H35FN6O2S/c1-4-25-29(34(3)30-33-26(18-40-30)21-5-7-23(31)8-6-21)37-14-22(13-19(2)28(37)32-25)20-9-11-35(12-10-20)17-27(39)36-15-24(38)16-36/h5-8,13-14,18,20,24,38H,4,9-12,15-17H2,1-3H3. The van der Waals surface area contributed by atoms with Crippen molar-refractivity contribution in [3.05, 3.63) is 64.5 Å². The Bertz CT molecular complexity index is 1520. The molecule has 0 aliphatic carbocycles. The molecule has 0 bridgehead atoms. The molecular weight excluding hydrogens is 527 g/mol. The summed E-state index contributed by atoms with van der Waals surface area (Å²) < 4.78 is 15.6. The van der Waals surface area contributed by atoms with Crippen LogP contribution in [0.3, 0.4) is 0 Å². The van der Waals surface area contributed by atoms with Crippen LogP contribution < -0.4 is 4.90 Å². The Kier molecular flexibility index (Phi) is 7.33. The van der Waals surface area contributed by atoms with Crippen molar-refractivity contribution in [1.82, 2.24) is 24.2 Å². The van der Waals surface area contributed by atoms with Gasteiger partial charge in [0.25, 0.3) is 0 Å². The summed E-state index contributed by atoms with van der Waals surface area (Å²) in [6.45, 7) is 7.37. The lowest BCUT2D eigenvalue weighted by Gasteiger charge is -2.38. The zero-order chi connectivity index (χ0) is 28.0. The zero-order valence-corrected chi connectivity index (χ0v) is 24.0. The summed E-state index contributed by atoms with van der Waals surface area (Å²) >= 11 is 1.56. The molecule has 2 aliphatic heterocycles. The quantitative estimate of drug-likeness (QED) is 0.354. The van der Waals surface area contributed by atoms with E-state index < -0.39 is 0 Å². The minimum Gasteiger partial charge on any atom is -0.389 e. The third kappa shape index (κ3) is 5.11. The van der Waals surface area contributed by atoms with Crippen LogP contribution in [0.25, 0.3) is 16.9 Å². The van der Waals surface area contributed by atoms with Crippen LogP contribution in [0.15, 0.2) is 41.9 Å². The number of amides is 1. The summed E-state index contributed by atoms with van der Waals surface area (Å²) in [5.41, 5.74) is 6.13. The number of fused-ring (bicyclic) bond motifs is 1. The Balaban J connectivity index is 1.23. The Morgan fingerprint density at radius 1 is 1.18 bits per heavy atom. The van der Waals surface area contributed by atoms with Gasteiger partial charge in [0.05, 0.1) is 24.0 Å². The van der Waals surface area contributed by atoms with E-state index in [0.717, 1.165) is 71.5 Å². The normalized spacial score (nSPS) is 17.0. The van der Waals surface area contributed by atoms with Crippen molar-refractivity contribution in [2.75, 3.05) is 44.7 Å². The average molecular weight is 563 g/mol. The van der Waals surface area contributed by atoms with Crippen molar-refractivity contribution in [1.29, 1.82) is 0 Å². The number of halogens is 1. The monoisotopic (exact) mass is 562 g/mol. The van der Waals surface area contributed by atoms with Crippen molar-refractivity contribution < 1.29 is 14.3 Å². The first-order valence-corrected chi connectivity index (χ1v) is 14.8. The number of aliphatic hydroxyl groups is 1. The van der Waals surface area contributed by atoms with Gasteiger partial charge in [-0.2, -0.15) is 0 Å². The maximum atomic E-state index is 13.4. The van der Waals surface area contributed by atoms with Gasteiger partial charge in [-0.25, -0.2) is 14.4 Å². The number of likely N-dealkylation sites (tertiary alicyclic amines) is 2. The fraction of sp³-hybridized carbons (Fsp3) is 0.433. The van der Waals surface area contributed by atoms with Gasteiger partial charge in [0.1, 0.15) is 17.3 Å². The van der Waals surface area contributed by atoms with Crippen LogP contribution in [0.1, 0.15) is 42.5 Å². The molecule has 2 fully saturated rings. The summed E-state index contributed by atoms with van der Waals surface area (Å²) in [6.07, 6.45) is 4.67. The van der Waals surface area contributed by atoms with Crippen LogP contribution >= 0.6 is 11.3 Å². The molecule has 0 unspecified atom stereocenters. The highest BCUT2D eigenvalue weighted by Crippen LogP contribution is 2.36. The van der Waals surface area contributed by atoms with Crippen molar-refractivity contribution in [2.45, 2.75) is 45.1 Å². The maximum Gasteiger partial charge on any atom is 0.236 e. The van der Waals surface area contributed by atoms with E-state index in [1.165, 1.54) is 17.7 Å². The summed E-state index contributed by atoms with van der Waals surface area (Å²) in [7, 11) is 2.03. The molecule has 1 amide bonds. The number of rotatable bonds is 7. The number of aromatic nitrogens is 3. The van der Waals surface area contributed by atoms with Gasteiger partial charge in [-0.1, -0.05) is 13.0 Å². The van der Waals surface area contributed by atoms with Crippen LogP contribution in [0.5, 0.6) is 0 Å². The third-order valence-corrected chi connectivity index (χ3v) is 9.09. The highest BCUT2D eigenvalue weighted by atomic mass is 32.1. The van der Waals surface area contributed by atoms with Crippen molar-refractivity contribution >= 4 is 33.8 Å². The molecule has 40 heavy (non-hydrogen) atoms. The number of carbonyl (C=O) groups is 1. The third-order valence-electron chi connectivity index (χ3n) is 8.17. The van der Waals surface area contributed by atoms with E-state index in [2.05, 4.69) is 40.3 Å². The summed E-state index contributed by atoms with van der Waals surface area (Å²) in [4.78, 5) is 28.4. The summed E-state index contributed by atoms with van der Waals surface area (Å²) in [6, 6.07) is 8.71. The molecule has 0 saturated carbocycles. The number of nitrogens with zero attached hydrogens (tertiary/aromatic N) is 6. The molecule has 0 spiro atoms. The minimum atomic E-state index is -0.361. The summed E-state index contributed by atoms with van der Waals surface area (Å²) in [5, 5.41) is 12.4. The van der Waals surface area contributed by atoms with Crippen molar-refractivity contribution in [3.8, 4) is 11.3 Å². The SMILES string of the molecule is CCc1nc2c(C)cc(C3CCN(CC(=O)N4CC(O)C4)CC3)cn2c1N(C)c1nc(-c2ccc(F)cc2)cs1. The molecule has 3 aromatic heterocycles. The first-order chi connectivity index (χ1) is 19.3. The van der Waals surface area contributed by atoms with E-state index in [0.29, 0.717) is 25.6 Å². The van der Waals surface area contributed by atoms with E-state index in [4.69, 9.17) is 9.97 Å². The number of hydrogen-bond donors (Lipinski definition) is 1. The second kappa shape index (κ2) is 10.9. The molecule has 1 aromatic carbocycles. The van der Waals surface area contributed by atoms with Gasteiger partial charge in [-0.05, 0) is 80.6 Å². The van der Waals surface area contributed by atoms with Crippen LogP contribution in [-0.4, -0.2) is 81.1 Å². The molecule has 2 saturated heterocycles. The first kappa shape index (κ1) is 26.9. The predicted octanol–water partition coefficient (Wildman–Crippen LogP) is 4.62. The number of anilines is 2. The first-order valence-electron chi connectivity index (χ1n) is 14.0. The topological polar surface area (TPSA) is 77.2 Å². The number of piperidine rings is 1. The van der Waals surface area contributed by atoms with Crippen molar-refractivity contribution in [2.24, 2.45) is 0 Å². The van der Waals surface area contributed by atoms with Crippen LogP contribution in [0, 0.1) is 12.7 Å². The zero-order valence-electron chi connectivity index (χ0n) is 23.2. The highest BCUT2D eigenvalue weighted by molar-refractivity contribution is 7.14. The van der Waals surface area contributed by atoms with Gasteiger partial charge < -0.3 is 14.9 Å². The second-order valence-electron chi connectivity index (χ2n) is 11.0. The summed E-state index contributed by atoms with van der Waals surface area (Å²) in [5.74, 6) is 1.29. The fourth-order valence-electron chi connectivity index (χ4n) is 5.82. The van der Waals surface area contributed by atoms with Crippen LogP contribution in [0.4, 0.5) is 15.3 Å². The lowest BCUT2D eigenvalue weighted by molar-refractivity contribution is -0.142. The number of thiazole rings is 1. The molecule has 8 nitrogen and oxygen atoms in total. The second-order valence-corrected chi connectivity index (χ2v) is 11.8. The minimum absolute atomic E-state index is 0.115. The number of β-amino-alcohol motifs (C(OH)–C–C–N with tert-alkyl or cyclic N) is 1. The van der Waals surface area contributed by atoms with Gasteiger partial charge in [-0.3, -0.25) is 14.1 Å². The van der Waals surface area contributed by atoms with Gasteiger partial charge in [0.15, 0.2) is 5.13 Å². The van der Waals surface area contributed by atoms with E-state index in [1.54, 1.807) is 28.4 Å². The number of pyridine rings is 1. The lowest BCUT2D eigenvalue weighted by Crippen LogP contribution is -2.56. The number of hydrogen-bond acceptors (Lipinski definition) is 7. The largest absolute Gasteiger partial charge is 0.389 e. The Morgan fingerprint density at radius 2 is 1.90 bits per heavy atom.